The van der Waals surface area contributed by atoms with E-state index in [-0.39, 0.29) is 28.9 Å². The lowest BCUT2D eigenvalue weighted by Crippen LogP contribution is -2.47. The number of sulfonamides is 1. The van der Waals surface area contributed by atoms with Gasteiger partial charge in [0.25, 0.3) is 10.0 Å². The molecular formula is C16H21N5O5S. The van der Waals surface area contributed by atoms with Gasteiger partial charge in [-0.3, -0.25) is 14.7 Å². The number of ether oxygens (including phenoxy) is 1. The van der Waals surface area contributed by atoms with Gasteiger partial charge in [0.1, 0.15) is 16.7 Å². The Kier molecular flexibility index (Phi) is 4.98. The first-order chi connectivity index (χ1) is 12.7. The number of aromatic nitrogens is 2. The maximum Gasteiger partial charge on any atom is 0.409 e. The first kappa shape index (κ1) is 19.0. The fourth-order valence-corrected chi connectivity index (χ4v) is 4.58. The van der Waals surface area contributed by atoms with Crippen LogP contribution < -0.4 is 14.4 Å². The third-order valence-electron chi connectivity index (χ3n) is 4.06. The van der Waals surface area contributed by atoms with Gasteiger partial charge in [-0.05, 0) is 39.2 Å². The van der Waals surface area contributed by atoms with E-state index in [0.717, 1.165) is 0 Å². The van der Waals surface area contributed by atoms with Gasteiger partial charge < -0.3 is 14.7 Å². The minimum absolute atomic E-state index is 0.0653. The molecule has 3 N–H and O–H groups in total. The summed E-state index contributed by atoms with van der Waals surface area (Å²) in [5.74, 6) is 0.369. The summed E-state index contributed by atoms with van der Waals surface area (Å²) in [4.78, 5) is 12.9. The van der Waals surface area contributed by atoms with Crippen LogP contribution in [0.4, 0.5) is 16.2 Å². The van der Waals surface area contributed by atoms with E-state index in [1.165, 1.54) is 22.6 Å². The van der Waals surface area contributed by atoms with Crippen molar-refractivity contribution in [3.05, 3.63) is 30.1 Å². The smallest absolute Gasteiger partial charge is 0.409 e. The molecule has 10 nitrogen and oxygen atoms in total. The van der Waals surface area contributed by atoms with Crippen LogP contribution in [0.3, 0.4) is 0 Å². The summed E-state index contributed by atoms with van der Waals surface area (Å²) >= 11 is 0. The predicted molar refractivity (Wildman–Crippen MR) is 98.9 cm³/mol. The molecule has 146 valence electrons. The van der Waals surface area contributed by atoms with Crippen molar-refractivity contribution in [2.75, 3.05) is 36.8 Å². The third kappa shape index (κ3) is 3.83. The monoisotopic (exact) mass is 395 g/mol. The Morgan fingerprint density at radius 2 is 2.22 bits per heavy atom. The molecule has 2 aromatic rings. The highest BCUT2D eigenvalue weighted by atomic mass is 32.2. The highest BCUT2D eigenvalue weighted by Crippen LogP contribution is 2.39. The van der Waals surface area contributed by atoms with Crippen molar-refractivity contribution in [2.24, 2.45) is 0 Å². The summed E-state index contributed by atoms with van der Waals surface area (Å²) in [7, 11) is -0.165. The molecule has 0 radical (unpaired) electrons. The minimum Gasteiger partial charge on any atom is -0.485 e. The molecule has 0 bridgehead atoms. The molecule has 3 rings (SSSR count). The Labute approximate surface area is 156 Å². The summed E-state index contributed by atoms with van der Waals surface area (Å²) in [6.07, 6.45) is -0.356. The number of amides is 1. The van der Waals surface area contributed by atoms with Gasteiger partial charge in [-0.1, -0.05) is 0 Å². The number of nitrogens with one attached hydrogen (secondary N) is 2. The number of hydrogen-bond acceptors (Lipinski definition) is 6. The first-order valence-electron chi connectivity index (χ1n) is 8.16. The lowest BCUT2D eigenvalue weighted by atomic mass is 10.2. The summed E-state index contributed by atoms with van der Waals surface area (Å²) in [6.45, 7) is 2.24. The zero-order valence-corrected chi connectivity index (χ0v) is 15.9. The number of rotatable bonds is 5. The molecule has 0 aliphatic carbocycles. The molecule has 1 amide bonds. The number of fused-ring (bicyclic) bond motifs is 1. The van der Waals surface area contributed by atoms with E-state index in [2.05, 4.69) is 15.5 Å². The van der Waals surface area contributed by atoms with Crippen molar-refractivity contribution in [3.63, 3.8) is 0 Å². The maximum absolute atomic E-state index is 13.3. The third-order valence-corrected chi connectivity index (χ3v) is 5.96. The highest BCUT2D eigenvalue weighted by molar-refractivity contribution is 7.92. The molecule has 0 fully saturated rings. The molecule has 0 saturated heterocycles. The topological polar surface area (TPSA) is 128 Å². The number of aryl methyl sites for hydroxylation is 1. The lowest BCUT2D eigenvalue weighted by Gasteiger charge is -2.36. The maximum atomic E-state index is 13.3. The van der Waals surface area contributed by atoms with Crippen LogP contribution >= 0.6 is 0 Å². The second-order valence-electron chi connectivity index (χ2n) is 6.51. The average molecular weight is 395 g/mol. The largest absolute Gasteiger partial charge is 0.485 e. The van der Waals surface area contributed by atoms with Gasteiger partial charge in [0.2, 0.25) is 0 Å². The van der Waals surface area contributed by atoms with Crippen LogP contribution in [0.2, 0.25) is 0 Å². The Hall–Kier alpha value is -2.79. The second-order valence-corrected chi connectivity index (χ2v) is 8.34. The van der Waals surface area contributed by atoms with Crippen molar-refractivity contribution in [1.82, 2.24) is 15.1 Å². The van der Waals surface area contributed by atoms with Crippen molar-refractivity contribution < 1.29 is 23.1 Å². The quantitative estimate of drug-likeness (QED) is 0.697. The number of carbonyl (C=O) groups is 1. The number of hydrogen-bond donors (Lipinski definition) is 3. The summed E-state index contributed by atoms with van der Waals surface area (Å²) < 4.78 is 33.7. The van der Waals surface area contributed by atoms with E-state index < -0.39 is 16.1 Å². The Bertz CT molecular complexity index is 956. The van der Waals surface area contributed by atoms with Crippen molar-refractivity contribution >= 4 is 27.5 Å². The zero-order chi connectivity index (χ0) is 19.8. The molecule has 2 heterocycles. The molecule has 1 aromatic heterocycles. The molecule has 11 heteroatoms. The second kappa shape index (κ2) is 7.08. The van der Waals surface area contributed by atoms with Gasteiger partial charge in [-0.25, -0.2) is 13.2 Å². The van der Waals surface area contributed by atoms with E-state index in [0.29, 0.717) is 18.0 Å². The number of benzene rings is 1. The SMILES string of the molecule is Cc1[nH]ncc1S(=O)(=O)N1C[C@H](CN(C)C)Oc2ccc(NC(=O)O)cc21. The van der Waals surface area contributed by atoms with Crippen molar-refractivity contribution in [1.29, 1.82) is 0 Å². The first-order valence-corrected chi connectivity index (χ1v) is 9.60. The number of H-pyrrole nitrogens is 1. The van der Waals surface area contributed by atoms with Gasteiger partial charge in [0.05, 0.1) is 24.1 Å². The molecule has 1 aromatic carbocycles. The number of nitrogens with zero attached hydrogens (tertiary/aromatic N) is 3. The summed E-state index contributed by atoms with van der Waals surface area (Å²) in [5, 5.41) is 17.6. The van der Waals surface area contributed by atoms with Gasteiger partial charge in [0, 0.05) is 12.2 Å². The molecular weight excluding hydrogens is 374 g/mol. The standard InChI is InChI=1S/C16H21N5O5S/c1-10-15(7-17-19-10)27(24,25)21-9-12(8-20(2)3)26-14-5-4-11(6-13(14)21)18-16(22)23/h4-7,12,18H,8-9H2,1-3H3,(H,17,19)(H,22,23)/t12-/m0/s1. The van der Waals surface area contributed by atoms with Crippen LogP contribution in [0, 0.1) is 6.92 Å². The Morgan fingerprint density at radius 3 is 2.81 bits per heavy atom. The van der Waals surface area contributed by atoms with E-state index in [4.69, 9.17) is 9.84 Å². The molecule has 0 unspecified atom stereocenters. The summed E-state index contributed by atoms with van der Waals surface area (Å²) in [6, 6.07) is 4.54. The normalized spacial score (nSPS) is 16.7. The minimum atomic E-state index is -3.91. The molecule has 0 spiro atoms. The van der Waals surface area contributed by atoms with Gasteiger partial charge >= 0.3 is 6.09 Å². The number of likely N-dealkylation sites (N-methyl/N-ethyl adjacent to an activating group) is 1. The lowest BCUT2D eigenvalue weighted by molar-refractivity contribution is 0.159. The van der Waals surface area contributed by atoms with Gasteiger partial charge in [-0.2, -0.15) is 5.10 Å². The Balaban J connectivity index is 2.08. The average Bonchev–Trinajstić information content (AvgIpc) is 3.00. The van der Waals surface area contributed by atoms with Crippen LogP contribution in [-0.2, 0) is 10.0 Å². The van der Waals surface area contributed by atoms with Crippen LogP contribution in [-0.4, -0.2) is 68.0 Å². The van der Waals surface area contributed by atoms with Crippen LogP contribution in [0.1, 0.15) is 5.69 Å². The van der Waals surface area contributed by atoms with Crippen molar-refractivity contribution in [2.45, 2.75) is 17.9 Å². The van der Waals surface area contributed by atoms with E-state index >= 15 is 0 Å². The van der Waals surface area contributed by atoms with Crippen LogP contribution in [0.5, 0.6) is 5.75 Å². The number of aromatic amines is 1. The highest BCUT2D eigenvalue weighted by Gasteiger charge is 2.36. The van der Waals surface area contributed by atoms with Gasteiger partial charge in [-0.15, -0.1) is 0 Å². The zero-order valence-electron chi connectivity index (χ0n) is 15.1. The molecule has 1 aliphatic heterocycles. The number of carboxylic acid groups (broad SMARTS) is 1. The molecule has 1 atom stereocenters. The fraction of sp³-hybridized carbons (Fsp3) is 0.375. The fourth-order valence-electron chi connectivity index (χ4n) is 2.96. The number of anilines is 2. The van der Waals surface area contributed by atoms with E-state index in [9.17, 15) is 13.2 Å². The summed E-state index contributed by atoms with van der Waals surface area (Å²) in [5.41, 5.74) is 0.948. The van der Waals surface area contributed by atoms with E-state index in [1.54, 1.807) is 13.0 Å². The molecule has 27 heavy (non-hydrogen) atoms. The Morgan fingerprint density at radius 1 is 1.48 bits per heavy atom. The molecule has 1 aliphatic rings. The molecule has 0 saturated carbocycles. The van der Waals surface area contributed by atoms with Crippen LogP contribution in [0.15, 0.2) is 29.3 Å². The van der Waals surface area contributed by atoms with Crippen LogP contribution in [0.25, 0.3) is 0 Å². The van der Waals surface area contributed by atoms with E-state index in [1.807, 2.05) is 19.0 Å². The predicted octanol–water partition coefficient (Wildman–Crippen LogP) is 1.33. The van der Waals surface area contributed by atoms with Crippen molar-refractivity contribution in [3.8, 4) is 5.75 Å². The van der Waals surface area contributed by atoms with Gasteiger partial charge in [0.15, 0.2) is 0 Å².